The number of aryl methyl sites for hydroxylation is 2. The number of rotatable bonds is 7. The quantitative estimate of drug-likeness (QED) is 0.261. The van der Waals surface area contributed by atoms with Gasteiger partial charge < -0.3 is 20.8 Å². The number of ether oxygens (including phenoxy) is 1. The molecule has 0 spiro atoms. The number of aromatic nitrogens is 2. The number of halogens is 3. The Morgan fingerprint density at radius 1 is 1.26 bits per heavy atom. The van der Waals surface area contributed by atoms with Crippen LogP contribution in [0.3, 0.4) is 0 Å². The molecule has 1 amide bonds. The molecule has 0 aliphatic rings. The summed E-state index contributed by atoms with van der Waals surface area (Å²) in [5.74, 6) is -2.90. The first-order valence-corrected chi connectivity index (χ1v) is 11.0. The molecule has 2 aromatic carbocycles. The highest BCUT2D eigenvalue weighted by Gasteiger charge is 2.30. The van der Waals surface area contributed by atoms with Crippen LogP contribution in [0.2, 0.25) is 5.02 Å². The number of benzene rings is 2. The predicted molar refractivity (Wildman–Crippen MR) is 128 cm³/mol. The molecular formula is C24H26ClF2N5O2. The van der Waals surface area contributed by atoms with Crippen LogP contribution in [0.25, 0.3) is 0 Å². The maximum atomic E-state index is 15.3. The third-order valence-electron chi connectivity index (χ3n) is 5.28. The summed E-state index contributed by atoms with van der Waals surface area (Å²) in [6, 6.07) is 5.70. The number of amidine groups is 1. The summed E-state index contributed by atoms with van der Waals surface area (Å²) in [6.07, 6.45) is -0.417. The molecule has 0 saturated heterocycles. The van der Waals surface area contributed by atoms with Gasteiger partial charge in [-0.3, -0.25) is 10.2 Å². The van der Waals surface area contributed by atoms with E-state index in [-0.39, 0.29) is 28.0 Å². The summed E-state index contributed by atoms with van der Waals surface area (Å²) in [7, 11) is 0. The maximum Gasteiger partial charge on any atom is 0.262 e. The van der Waals surface area contributed by atoms with Gasteiger partial charge in [0.1, 0.15) is 34.5 Å². The van der Waals surface area contributed by atoms with Crippen molar-refractivity contribution in [3.8, 4) is 5.75 Å². The smallest absolute Gasteiger partial charge is 0.262 e. The van der Waals surface area contributed by atoms with E-state index in [1.54, 1.807) is 40.7 Å². The number of hydrogen-bond acceptors (Lipinski definition) is 4. The number of nitrogens with zero attached hydrogens (tertiary/aromatic N) is 1. The number of anilines is 1. The lowest BCUT2D eigenvalue weighted by molar-refractivity contribution is 0.101. The Hall–Kier alpha value is -3.46. The van der Waals surface area contributed by atoms with E-state index in [0.29, 0.717) is 22.6 Å². The molecule has 34 heavy (non-hydrogen) atoms. The van der Waals surface area contributed by atoms with Crippen molar-refractivity contribution in [2.75, 3.05) is 5.32 Å². The van der Waals surface area contributed by atoms with Gasteiger partial charge in [0.15, 0.2) is 5.82 Å². The zero-order chi connectivity index (χ0) is 25.3. The van der Waals surface area contributed by atoms with Crippen molar-refractivity contribution in [2.24, 2.45) is 5.73 Å². The monoisotopic (exact) mass is 489 g/mol. The molecule has 1 unspecified atom stereocenters. The lowest BCUT2D eigenvalue weighted by atomic mass is 9.95. The highest BCUT2D eigenvalue weighted by atomic mass is 35.5. The summed E-state index contributed by atoms with van der Waals surface area (Å²) in [5.41, 5.74) is 6.81. The fourth-order valence-corrected chi connectivity index (χ4v) is 3.79. The zero-order valence-corrected chi connectivity index (χ0v) is 20.2. The number of nitrogens with one attached hydrogen (secondary N) is 3. The number of aromatic amines is 1. The Kier molecular flexibility index (Phi) is 7.26. The molecular weight excluding hydrogens is 464 g/mol. The van der Waals surface area contributed by atoms with Crippen LogP contribution in [0.4, 0.5) is 14.5 Å². The second kappa shape index (κ2) is 9.80. The van der Waals surface area contributed by atoms with Crippen molar-refractivity contribution in [1.82, 2.24) is 9.97 Å². The van der Waals surface area contributed by atoms with Crippen LogP contribution < -0.4 is 15.8 Å². The average Bonchev–Trinajstić information content (AvgIpc) is 3.14. The van der Waals surface area contributed by atoms with Gasteiger partial charge in [0.25, 0.3) is 5.91 Å². The first-order chi connectivity index (χ1) is 15.9. The van der Waals surface area contributed by atoms with Gasteiger partial charge in [-0.1, -0.05) is 30.7 Å². The number of H-pyrrole nitrogens is 1. The molecule has 0 aliphatic carbocycles. The first kappa shape index (κ1) is 25.2. The number of nitrogens with two attached hydrogens (primary N) is 1. The van der Waals surface area contributed by atoms with E-state index >= 15 is 4.39 Å². The summed E-state index contributed by atoms with van der Waals surface area (Å²) in [4.78, 5) is 20.7. The van der Waals surface area contributed by atoms with E-state index < -0.39 is 35.1 Å². The Balaban J connectivity index is 2.17. The van der Waals surface area contributed by atoms with Crippen molar-refractivity contribution in [3.63, 3.8) is 0 Å². The summed E-state index contributed by atoms with van der Waals surface area (Å²) in [5, 5.41) is 9.83. The minimum Gasteiger partial charge on any atom is -0.490 e. The van der Waals surface area contributed by atoms with Gasteiger partial charge in [-0.15, -0.1) is 0 Å². The van der Waals surface area contributed by atoms with E-state index in [2.05, 4.69) is 15.3 Å². The number of imidazole rings is 1. The first-order valence-electron chi connectivity index (χ1n) is 10.6. The van der Waals surface area contributed by atoms with Crippen LogP contribution in [0.15, 0.2) is 24.3 Å². The molecule has 180 valence electrons. The van der Waals surface area contributed by atoms with E-state index in [4.69, 9.17) is 27.5 Å². The van der Waals surface area contributed by atoms with Gasteiger partial charge in [0.2, 0.25) is 0 Å². The van der Waals surface area contributed by atoms with Crippen LogP contribution in [0.1, 0.15) is 65.4 Å². The zero-order valence-electron chi connectivity index (χ0n) is 19.4. The lowest BCUT2D eigenvalue weighted by Crippen LogP contribution is -2.21. The normalized spacial score (nSPS) is 12.0. The molecule has 0 fully saturated rings. The molecule has 0 radical (unpaired) electrons. The molecule has 7 nitrogen and oxygen atoms in total. The van der Waals surface area contributed by atoms with Crippen LogP contribution in [0.5, 0.6) is 5.75 Å². The number of para-hydroxylation sites is 1. The third kappa shape index (κ3) is 4.89. The summed E-state index contributed by atoms with van der Waals surface area (Å²) < 4.78 is 35.5. The van der Waals surface area contributed by atoms with Crippen molar-refractivity contribution < 1.29 is 18.3 Å². The molecule has 3 rings (SSSR count). The van der Waals surface area contributed by atoms with Gasteiger partial charge in [-0.05, 0) is 45.4 Å². The molecule has 5 N–H and O–H groups in total. The fraction of sp³-hybridized carbons (Fsp3) is 0.292. The Labute approximate surface area is 201 Å². The Morgan fingerprint density at radius 3 is 2.50 bits per heavy atom. The predicted octanol–water partition coefficient (Wildman–Crippen LogP) is 5.43. The number of hydrogen-bond donors (Lipinski definition) is 4. The Morgan fingerprint density at radius 2 is 1.94 bits per heavy atom. The van der Waals surface area contributed by atoms with Gasteiger partial charge in [-0.25, -0.2) is 13.8 Å². The number of carbonyl (C=O) groups excluding carboxylic acids is 1. The van der Waals surface area contributed by atoms with E-state index in [9.17, 15) is 9.18 Å². The average molecular weight is 490 g/mol. The second-order valence-electron chi connectivity index (χ2n) is 8.25. The molecule has 1 heterocycles. The van der Waals surface area contributed by atoms with Crippen LogP contribution in [-0.2, 0) is 0 Å². The molecule has 0 bridgehead atoms. The summed E-state index contributed by atoms with van der Waals surface area (Å²) >= 11 is 6.19. The standard InChI is InChI=1S/C24H26ClF2N5O2/c1-10(2)34-21-14(12(4)23-30-13(5)20(31-23)22(28)29)9-15(25)18(27)17(21)24(33)32-19-11(3)7-6-8-16(19)26/h6-10,12H,1-5H3,(H3,28,29)(H,30,31)(H,32,33). The minimum atomic E-state index is -0.986. The topological polar surface area (TPSA) is 117 Å². The maximum absolute atomic E-state index is 15.3. The SMILES string of the molecule is Cc1cccc(F)c1NC(=O)c1c(F)c(Cl)cc(C(C)c2nc(C(=N)N)c(C)[nH]2)c1OC(C)C. The van der Waals surface area contributed by atoms with Gasteiger partial charge in [0.05, 0.1) is 16.8 Å². The largest absolute Gasteiger partial charge is 0.490 e. The van der Waals surface area contributed by atoms with Crippen LogP contribution >= 0.6 is 11.6 Å². The number of amides is 1. The van der Waals surface area contributed by atoms with Crippen LogP contribution in [-0.4, -0.2) is 27.8 Å². The van der Waals surface area contributed by atoms with Crippen molar-refractivity contribution in [2.45, 2.75) is 46.6 Å². The van der Waals surface area contributed by atoms with Crippen LogP contribution in [0, 0.1) is 30.9 Å². The highest BCUT2D eigenvalue weighted by Crippen LogP contribution is 2.39. The van der Waals surface area contributed by atoms with Gasteiger partial charge in [-0.2, -0.15) is 0 Å². The second-order valence-corrected chi connectivity index (χ2v) is 8.66. The van der Waals surface area contributed by atoms with E-state index in [0.717, 1.165) is 0 Å². The molecule has 1 atom stereocenters. The highest BCUT2D eigenvalue weighted by molar-refractivity contribution is 6.31. The molecule has 1 aromatic heterocycles. The van der Waals surface area contributed by atoms with Gasteiger partial charge >= 0.3 is 0 Å². The molecule has 10 heteroatoms. The van der Waals surface area contributed by atoms with Gasteiger partial charge in [0, 0.05) is 17.2 Å². The lowest BCUT2D eigenvalue weighted by Gasteiger charge is -2.22. The molecule has 0 aliphatic heterocycles. The van der Waals surface area contributed by atoms with E-state index in [1.807, 2.05) is 0 Å². The molecule has 3 aromatic rings. The van der Waals surface area contributed by atoms with E-state index in [1.165, 1.54) is 18.2 Å². The number of carbonyl (C=O) groups is 1. The van der Waals surface area contributed by atoms with Crippen molar-refractivity contribution in [1.29, 1.82) is 5.41 Å². The summed E-state index contributed by atoms with van der Waals surface area (Å²) in [6.45, 7) is 8.57. The van der Waals surface area contributed by atoms with Crippen molar-refractivity contribution >= 4 is 29.0 Å². The molecule has 0 saturated carbocycles. The van der Waals surface area contributed by atoms with Crippen molar-refractivity contribution in [3.05, 3.63) is 74.8 Å². The Bertz CT molecular complexity index is 1250. The third-order valence-corrected chi connectivity index (χ3v) is 5.55. The fourth-order valence-electron chi connectivity index (χ4n) is 3.58. The minimum absolute atomic E-state index is 0.0330. The number of nitrogen functional groups attached to an aromatic ring is 1.